The van der Waals surface area contributed by atoms with E-state index >= 15 is 0 Å². The lowest BCUT2D eigenvalue weighted by molar-refractivity contribution is 1.26. The molecule has 0 aromatic carbocycles. The van der Waals surface area contributed by atoms with Crippen LogP contribution in [0.3, 0.4) is 0 Å². The fraction of sp³-hybridized carbons (Fsp3) is 0.286. The van der Waals surface area contributed by atoms with Gasteiger partial charge in [-0.15, -0.1) is 0 Å². The Morgan fingerprint density at radius 2 is 2.27 bits per heavy atom. The van der Waals surface area contributed by atoms with Gasteiger partial charge in [0.2, 0.25) is 0 Å². The first-order valence-electron chi connectivity index (χ1n) is 3.23. The lowest BCUT2D eigenvalue weighted by atomic mass is 10.7. The number of nitrogens with zero attached hydrogens (tertiary/aromatic N) is 3. The van der Waals surface area contributed by atoms with Gasteiger partial charge in [0.25, 0.3) is 0 Å². The first kappa shape index (κ1) is 9.71. The molecule has 0 atom stereocenters. The second-order valence-electron chi connectivity index (χ2n) is 1.62. The van der Waals surface area contributed by atoms with E-state index in [9.17, 15) is 0 Å². The van der Waals surface area contributed by atoms with Crippen molar-refractivity contribution in [3.63, 3.8) is 0 Å². The molecule has 0 unspecified atom stereocenters. The van der Waals surface area contributed by atoms with E-state index in [0.717, 1.165) is 0 Å². The van der Waals surface area contributed by atoms with Crippen molar-refractivity contribution in [2.45, 2.75) is 6.92 Å². The molecule has 0 aliphatic carbocycles. The van der Waals surface area contributed by atoms with Crippen LogP contribution in [-0.2, 0) is 0 Å². The molecule has 4 nitrogen and oxygen atoms in total. The third kappa shape index (κ3) is 6.60. The second kappa shape index (κ2) is 6.82. The quantitative estimate of drug-likeness (QED) is 0.465. The van der Waals surface area contributed by atoms with Crippen LogP contribution in [0.2, 0.25) is 0 Å². The van der Waals surface area contributed by atoms with E-state index in [-0.39, 0.29) is 0 Å². The maximum Gasteiger partial charge on any atom is 0.146 e. The number of aliphatic imine (C=N–C) groups is 3. The van der Waals surface area contributed by atoms with Crippen LogP contribution >= 0.6 is 0 Å². The van der Waals surface area contributed by atoms with Crippen LogP contribution in [0.5, 0.6) is 0 Å². The summed E-state index contributed by atoms with van der Waals surface area (Å²) in [4.78, 5) is 11.3. The minimum absolute atomic E-state index is 0.412. The molecule has 0 aliphatic rings. The monoisotopic (exact) mass is 152 g/mol. The van der Waals surface area contributed by atoms with Gasteiger partial charge < -0.3 is 5.73 Å². The van der Waals surface area contributed by atoms with Gasteiger partial charge >= 0.3 is 0 Å². The van der Waals surface area contributed by atoms with Crippen LogP contribution in [0.1, 0.15) is 6.92 Å². The smallest absolute Gasteiger partial charge is 0.146 e. The highest BCUT2D eigenvalue weighted by Gasteiger charge is 1.76. The molecule has 60 valence electrons. The summed E-state index contributed by atoms with van der Waals surface area (Å²) in [6.45, 7) is 5.75. The van der Waals surface area contributed by atoms with Gasteiger partial charge in [-0.25, -0.2) is 15.0 Å². The molecule has 4 heteroatoms. The van der Waals surface area contributed by atoms with Crippen LogP contribution in [0.4, 0.5) is 0 Å². The van der Waals surface area contributed by atoms with Crippen LogP contribution in [-0.4, -0.2) is 25.3 Å². The van der Waals surface area contributed by atoms with Gasteiger partial charge in [0.1, 0.15) is 12.2 Å². The Kier molecular flexibility index (Phi) is 6.02. The van der Waals surface area contributed by atoms with Crippen molar-refractivity contribution in [3.8, 4) is 0 Å². The van der Waals surface area contributed by atoms with Crippen LogP contribution in [0.15, 0.2) is 27.4 Å². The van der Waals surface area contributed by atoms with E-state index in [1.807, 2.05) is 0 Å². The van der Waals surface area contributed by atoms with Crippen molar-refractivity contribution < 1.29 is 0 Å². The molecular formula is C7H12N4. The van der Waals surface area contributed by atoms with Gasteiger partial charge in [-0.3, -0.25) is 0 Å². The van der Waals surface area contributed by atoms with Gasteiger partial charge in [-0.2, -0.15) is 0 Å². The Morgan fingerprint density at radius 1 is 1.55 bits per heavy atom. The third-order valence-corrected chi connectivity index (χ3v) is 0.762. The number of nitrogens with two attached hydrogens (primary N) is 1. The molecule has 0 saturated carbocycles. The highest BCUT2D eigenvalue weighted by atomic mass is 15.0. The zero-order chi connectivity index (χ0) is 8.53. The molecule has 0 radical (unpaired) electrons. The maximum atomic E-state index is 5.14. The van der Waals surface area contributed by atoms with Crippen molar-refractivity contribution in [2.24, 2.45) is 20.7 Å². The molecule has 0 bridgehead atoms. The fourth-order valence-electron chi connectivity index (χ4n) is 0.390. The number of hydrogen-bond donors (Lipinski definition) is 1. The third-order valence-electron chi connectivity index (χ3n) is 0.762. The van der Waals surface area contributed by atoms with E-state index < -0.39 is 0 Å². The second-order valence-corrected chi connectivity index (χ2v) is 1.62. The van der Waals surface area contributed by atoms with Crippen LogP contribution < -0.4 is 5.73 Å². The van der Waals surface area contributed by atoms with Crippen molar-refractivity contribution in [1.29, 1.82) is 0 Å². The molecular weight excluding hydrogens is 140 g/mol. The SMILES string of the molecule is C=C(N=CC)N=CN=CCN. The lowest BCUT2D eigenvalue weighted by Gasteiger charge is -1.84. The Morgan fingerprint density at radius 3 is 2.82 bits per heavy atom. The largest absolute Gasteiger partial charge is 0.326 e. The van der Waals surface area contributed by atoms with E-state index in [2.05, 4.69) is 21.6 Å². The standard InChI is InChI=1S/C7H12N4/c1-3-10-7(2)11-6-9-5-4-8/h3,5-6H,2,4,8H2,1H3. The molecule has 0 aromatic heterocycles. The highest BCUT2D eigenvalue weighted by molar-refractivity contribution is 5.73. The van der Waals surface area contributed by atoms with Gasteiger partial charge in [0.15, 0.2) is 0 Å². The zero-order valence-corrected chi connectivity index (χ0v) is 6.57. The van der Waals surface area contributed by atoms with Crippen molar-refractivity contribution >= 4 is 18.8 Å². The molecule has 0 fully saturated rings. The van der Waals surface area contributed by atoms with E-state index in [0.29, 0.717) is 12.4 Å². The Labute approximate surface area is 66.3 Å². The van der Waals surface area contributed by atoms with Gasteiger partial charge in [-0.1, -0.05) is 6.58 Å². The summed E-state index contributed by atoms with van der Waals surface area (Å²) in [5, 5.41) is 0. The first-order chi connectivity index (χ1) is 5.31. The minimum Gasteiger partial charge on any atom is -0.326 e. The molecule has 0 rings (SSSR count). The number of rotatable bonds is 4. The summed E-state index contributed by atoms with van der Waals surface area (Å²) in [6, 6.07) is 0. The summed E-state index contributed by atoms with van der Waals surface area (Å²) >= 11 is 0. The van der Waals surface area contributed by atoms with Crippen molar-refractivity contribution in [2.75, 3.05) is 6.54 Å². The average molecular weight is 152 g/mol. The normalized spacial score (nSPS) is 12.2. The zero-order valence-electron chi connectivity index (χ0n) is 6.57. The first-order valence-corrected chi connectivity index (χ1v) is 3.23. The fourth-order valence-corrected chi connectivity index (χ4v) is 0.390. The van der Waals surface area contributed by atoms with Crippen molar-refractivity contribution in [3.05, 3.63) is 12.4 Å². The Hall–Kier alpha value is -1.29. The summed E-state index contributed by atoms with van der Waals surface area (Å²) in [5.41, 5.74) is 5.14. The molecule has 0 spiro atoms. The molecule has 0 aliphatic heterocycles. The molecule has 0 saturated heterocycles. The Bertz CT molecular complexity index is 191. The van der Waals surface area contributed by atoms with Gasteiger partial charge in [0, 0.05) is 19.0 Å². The molecule has 0 aromatic rings. The van der Waals surface area contributed by atoms with Crippen LogP contribution in [0.25, 0.3) is 0 Å². The lowest BCUT2D eigenvalue weighted by Crippen LogP contribution is -1.98. The van der Waals surface area contributed by atoms with Crippen molar-refractivity contribution in [1.82, 2.24) is 0 Å². The van der Waals surface area contributed by atoms with E-state index in [4.69, 9.17) is 5.73 Å². The summed E-state index contributed by atoms with van der Waals surface area (Å²) in [5.74, 6) is 0.432. The van der Waals surface area contributed by atoms with E-state index in [1.54, 1.807) is 19.4 Å². The predicted molar refractivity (Wildman–Crippen MR) is 49.3 cm³/mol. The molecule has 2 N–H and O–H groups in total. The minimum atomic E-state index is 0.412. The maximum absolute atomic E-state index is 5.14. The van der Waals surface area contributed by atoms with Gasteiger partial charge in [-0.05, 0) is 6.92 Å². The van der Waals surface area contributed by atoms with Crippen LogP contribution in [0, 0.1) is 0 Å². The highest BCUT2D eigenvalue weighted by Crippen LogP contribution is 1.90. The average Bonchev–Trinajstić information content (AvgIpc) is 1.99. The molecule has 0 heterocycles. The molecule has 11 heavy (non-hydrogen) atoms. The topological polar surface area (TPSA) is 63.1 Å². The summed E-state index contributed by atoms with van der Waals surface area (Å²) < 4.78 is 0. The summed E-state index contributed by atoms with van der Waals surface area (Å²) in [6.07, 6.45) is 4.53. The van der Waals surface area contributed by atoms with Gasteiger partial charge in [0.05, 0.1) is 0 Å². The predicted octanol–water partition coefficient (Wildman–Crippen LogP) is 0.606. The Balaban J connectivity index is 3.74. The summed E-state index contributed by atoms with van der Waals surface area (Å²) in [7, 11) is 0. The number of hydrogen-bond acceptors (Lipinski definition) is 3. The molecule has 0 amide bonds. The van der Waals surface area contributed by atoms with E-state index in [1.165, 1.54) is 6.34 Å².